The van der Waals surface area contributed by atoms with Crippen LogP contribution in [0, 0.1) is 5.41 Å². The molecule has 2 heteroatoms. The van der Waals surface area contributed by atoms with Gasteiger partial charge < -0.3 is 5.32 Å². The lowest BCUT2D eigenvalue weighted by Gasteiger charge is -2.06. The van der Waals surface area contributed by atoms with E-state index in [2.05, 4.69) is 19.2 Å². The average molecular weight is 184 g/mol. The van der Waals surface area contributed by atoms with Crippen LogP contribution in [0.1, 0.15) is 58.8 Å². The molecule has 2 nitrogen and oxygen atoms in total. The molecule has 13 heavy (non-hydrogen) atoms. The largest absolute Gasteiger partial charge is 0.374 e. The minimum absolute atomic E-state index is 0.726. The third-order valence-electron chi connectivity index (χ3n) is 2.15. The normalized spacial score (nSPS) is 10.0. The fraction of sp³-hybridized carbons (Fsp3) is 0.909. The quantitative estimate of drug-likeness (QED) is 0.339. The SMILES string of the molecule is CCCCCNC(=N)CCCCC. The van der Waals surface area contributed by atoms with Crippen molar-refractivity contribution in [2.75, 3.05) is 6.54 Å². The molecule has 0 unspecified atom stereocenters. The van der Waals surface area contributed by atoms with Crippen molar-refractivity contribution in [3.8, 4) is 0 Å². The topological polar surface area (TPSA) is 35.9 Å². The fourth-order valence-corrected chi connectivity index (χ4v) is 1.25. The molecule has 0 aliphatic rings. The molecule has 2 N–H and O–H groups in total. The summed E-state index contributed by atoms with van der Waals surface area (Å²) in [5.41, 5.74) is 0. The van der Waals surface area contributed by atoms with E-state index in [0.29, 0.717) is 0 Å². The Hall–Kier alpha value is -0.530. The van der Waals surface area contributed by atoms with Crippen molar-refractivity contribution in [3.05, 3.63) is 0 Å². The Balaban J connectivity index is 3.11. The monoisotopic (exact) mass is 184 g/mol. The number of hydrogen-bond acceptors (Lipinski definition) is 1. The average Bonchev–Trinajstić information content (AvgIpc) is 2.13. The smallest absolute Gasteiger partial charge is 0.0931 e. The zero-order valence-corrected chi connectivity index (χ0v) is 9.16. The van der Waals surface area contributed by atoms with E-state index >= 15 is 0 Å². The van der Waals surface area contributed by atoms with Crippen molar-refractivity contribution >= 4 is 5.84 Å². The van der Waals surface area contributed by atoms with E-state index in [0.717, 1.165) is 25.2 Å². The van der Waals surface area contributed by atoms with Crippen LogP contribution in [0.2, 0.25) is 0 Å². The molecular weight excluding hydrogens is 160 g/mol. The molecule has 0 spiro atoms. The van der Waals surface area contributed by atoms with Crippen LogP contribution in [0.15, 0.2) is 0 Å². The lowest BCUT2D eigenvalue weighted by atomic mass is 10.2. The molecular formula is C11H24N2. The lowest BCUT2D eigenvalue weighted by molar-refractivity contribution is 0.677. The van der Waals surface area contributed by atoms with Gasteiger partial charge in [-0.25, -0.2) is 0 Å². The highest BCUT2D eigenvalue weighted by atomic mass is 14.9. The summed E-state index contributed by atoms with van der Waals surface area (Å²) in [6.07, 6.45) is 8.31. The van der Waals surface area contributed by atoms with Crippen molar-refractivity contribution < 1.29 is 0 Å². The third-order valence-corrected chi connectivity index (χ3v) is 2.15. The Morgan fingerprint density at radius 3 is 2.23 bits per heavy atom. The lowest BCUT2D eigenvalue weighted by Crippen LogP contribution is -2.23. The molecule has 78 valence electrons. The van der Waals surface area contributed by atoms with Gasteiger partial charge in [0, 0.05) is 13.0 Å². The third kappa shape index (κ3) is 9.38. The zero-order chi connectivity index (χ0) is 9.94. The summed E-state index contributed by atoms with van der Waals surface area (Å²) >= 11 is 0. The molecule has 0 aliphatic heterocycles. The van der Waals surface area contributed by atoms with Gasteiger partial charge in [-0.1, -0.05) is 39.5 Å². The van der Waals surface area contributed by atoms with Crippen molar-refractivity contribution in [1.82, 2.24) is 5.32 Å². The predicted molar refractivity (Wildman–Crippen MR) is 59.4 cm³/mol. The van der Waals surface area contributed by atoms with Gasteiger partial charge >= 0.3 is 0 Å². The van der Waals surface area contributed by atoms with E-state index in [9.17, 15) is 0 Å². The van der Waals surface area contributed by atoms with E-state index in [-0.39, 0.29) is 0 Å². The standard InChI is InChI=1S/C11H24N2/c1-3-5-7-9-11(12)13-10-8-6-4-2/h3-10H2,1-2H3,(H2,12,13). The maximum Gasteiger partial charge on any atom is 0.0931 e. The molecule has 0 saturated carbocycles. The van der Waals surface area contributed by atoms with Crippen LogP contribution in [0.5, 0.6) is 0 Å². The Labute approximate surface area is 82.6 Å². The van der Waals surface area contributed by atoms with Crippen molar-refractivity contribution in [3.63, 3.8) is 0 Å². The van der Waals surface area contributed by atoms with Crippen LogP contribution in [-0.4, -0.2) is 12.4 Å². The van der Waals surface area contributed by atoms with E-state index < -0.39 is 0 Å². The number of rotatable bonds is 8. The Kier molecular flexibility index (Phi) is 9.17. The minimum atomic E-state index is 0.726. The number of amidine groups is 1. The van der Waals surface area contributed by atoms with E-state index in [1.54, 1.807) is 0 Å². The summed E-state index contributed by atoms with van der Waals surface area (Å²) in [4.78, 5) is 0. The first-order valence-electron chi connectivity index (χ1n) is 5.62. The fourth-order valence-electron chi connectivity index (χ4n) is 1.25. The summed E-state index contributed by atoms with van der Waals surface area (Å²) in [5, 5.41) is 10.8. The summed E-state index contributed by atoms with van der Waals surface area (Å²) in [6.45, 7) is 5.38. The number of hydrogen-bond donors (Lipinski definition) is 2. The molecule has 0 atom stereocenters. The van der Waals surface area contributed by atoms with Crippen molar-refractivity contribution in [2.24, 2.45) is 0 Å². The molecule has 0 aliphatic carbocycles. The van der Waals surface area contributed by atoms with Gasteiger partial charge in [0.1, 0.15) is 0 Å². The highest BCUT2D eigenvalue weighted by Crippen LogP contribution is 1.98. The van der Waals surface area contributed by atoms with Crippen LogP contribution in [0.4, 0.5) is 0 Å². The first kappa shape index (κ1) is 12.5. The number of nitrogens with one attached hydrogen (secondary N) is 2. The first-order chi connectivity index (χ1) is 6.31. The van der Waals surface area contributed by atoms with Gasteiger partial charge in [-0.2, -0.15) is 0 Å². The van der Waals surface area contributed by atoms with Crippen LogP contribution in [0.3, 0.4) is 0 Å². The second kappa shape index (κ2) is 9.56. The van der Waals surface area contributed by atoms with Gasteiger partial charge in [0.2, 0.25) is 0 Å². The number of unbranched alkanes of at least 4 members (excludes halogenated alkanes) is 4. The Bertz CT molecular complexity index is 121. The van der Waals surface area contributed by atoms with E-state index in [4.69, 9.17) is 5.41 Å². The zero-order valence-electron chi connectivity index (χ0n) is 9.16. The van der Waals surface area contributed by atoms with Crippen LogP contribution < -0.4 is 5.32 Å². The Morgan fingerprint density at radius 1 is 1.00 bits per heavy atom. The maximum atomic E-state index is 7.59. The molecule has 0 aromatic rings. The van der Waals surface area contributed by atoms with Gasteiger partial charge in [-0.05, 0) is 12.8 Å². The molecule has 0 rings (SSSR count). The molecule has 0 saturated heterocycles. The van der Waals surface area contributed by atoms with Gasteiger partial charge in [0.25, 0.3) is 0 Å². The Morgan fingerprint density at radius 2 is 1.62 bits per heavy atom. The van der Waals surface area contributed by atoms with Gasteiger partial charge in [-0.3, -0.25) is 5.41 Å². The second-order valence-corrected chi connectivity index (χ2v) is 3.57. The molecule has 0 fully saturated rings. The molecule has 0 radical (unpaired) electrons. The first-order valence-corrected chi connectivity index (χ1v) is 5.62. The van der Waals surface area contributed by atoms with Gasteiger partial charge in [0.15, 0.2) is 0 Å². The summed E-state index contributed by atoms with van der Waals surface area (Å²) in [6, 6.07) is 0. The maximum absolute atomic E-state index is 7.59. The van der Waals surface area contributed by atoms with Crippen molar-refractivity contribution in [1.29, 1.82) is 5.41 Å². The van der Waals surface area contributed by atoms with Crippen molar-refractivity contribution in [2.45, 2.75) is 58.8 Å². The highest BCUT2D eigenvalue weighted by molar-refractivity contribution is 5.78. The molecule has 0 bridgehead atoms. The van der Waals surface area contributed by atoms with Crippen LogP contribution in [-0.2, 0) is 0 Å². The molecule has 0 aromatic carbocycles. The molecule has 0 heterocycles. The minimum Gasteiger partial charge on any atom is -0.374 e. The summed E-state index contributed by atoms with van der Waals surface area (Å²) in [7, 11) is 0. The van der Waals surface area contributed by atoms with E-state index in [1.165, 1.54) is 32.1 Å². The van der Waals surface area contributed by atoms with Crippen LogP contribution >= 0.6 is 0 Å². The second-order valence-electron chi connectivity index (χ2n) is 3.57. The summed E-state index contributed by atoms with van der Waals surface area (Å²) in [5.74, 6) is 0.726. The van der Waals surface area contributed by atoms with Gasteiger partial charge in [0.05, 0.1) is 5.84 Å². The highest BCUT2D eigenvalue weighted by Gasteiger charge is 1.94. The summed E-state index contributed by atoms with van der Waals surface area (Å²) < 4.78 is 0. The van der Waals surface area contributed by atoms with E-state index in [1.807, 2.05) is 0 Å². The van der Waals surface area contributed by atoms with Crippen LogP contribution in [0.25, 0.3) is 0 Å². The molecule has 0 amide bonds. The predicted octanol–water partition coefficient (Wildman–Crippen LogP) is 3.32. The molecule has 0 aromatic heterocycles. The van der Waals surface area contributed by atoms with Gasteiger partial charge in [-0.15, -0.1) is 0 Å².